The molecule has 0 saturated carbocycles. The Kier molecular flexibility index (Phi) is 3.70. The predicted molar refractivity (Wildman–Crippen MR) is 53.2 cm³/mol. The number of carbonyl (C=O) groups excluding carboxylic acids is 1. The van der Waals surface area contributed by atoms with Crippen molar-refractivity contribution in [3.05, 3.63) is 28.3 Å². The van der Waals surface area contributed by atoms with Crippen LogP contribution in [0.2, 0.25) is 5.02 Å². The van der Waals surface area contributed by atoms with Crippen molar-refractivity contribution >= 4 is 28.4 Å². The van der Waals surface area contributed by atoms with Crippen molar-refractivity contribution in [2.75, 3.05) is 7.11 Å². The number of halogens is 5. The third kappa shape index (κ3) is 2.59. The number of hydrogen-bond acceptors (Lipinski definition) is 2. The number of ether oxygens (including phenoxy) is 1. The summed E-state index contributed by atoms with van der Waals surface area (Å²) in [4.78, 5) is 10.9. The van der Waals surface area contributed by atoms with Crippen molar-refractivity contribution in [3.63, 3.8) is 0 Å². The minimum absolute atomic E-state index is 0.0296. The van der Waals surface area contributed by atoms with Gasteiger partial charge in [0.2, 0.25) is 0 Å². The van der Waals surface area contributed by atoms with E-state index in [4.69, 9.17) is 27.9 Å². The van der Waals surface area contributed by atoms with Gasteiger partial charge in [-0.3, -0.25) is 4.79 Å². The highest BCUT2D eigenvalue weighted by molar-refractivity contribution is 6.68. The van der Waals surface area contributed by atoms with Crippen molar-refractivity contribution in [1.29, 1.82) is 0 Å². The van der Waals surface area contributed by atoms with Gasteiger partial charge in [-0.2, -0.15) is 13.2 Å². The summed E-state index contributed by atoms with van der Waals surface area (Å²) in [5, 5.41) is -1.87. The van der Waals surface area contributed by atoms with E-state index in [0.717, 1.165) is 12.1 Å². The van der Waals surface area contributed by atoms with E-state index in [1.807, 2.05) is 0 Å². The molecule has 1 rings (SSSR count). The Morgan fingerprint density at radius 1 is 1.38 bits per heavy atom. The molecular weight excluding hydrogens is 268 g/mol. The number of alkyl halides is 3. The predicted octanol–water partition coefficient (Wildman–Crippen LogP) is 3.75. The molecule has 0 aliphatic rings. The van der Waals surface area contributed by atoms with Gasteiger partial charge in [-0.15, -0.1) is 0 Å². The summed E-state index contributed by atoms with van der Waals surface area (Å²) in [5.74, 6) is 0.0296. The largest absolute Gasteiger partial charge is 0.497 e. The molecule has 0 heterocycles. The molecule has 0 aliphatic heterocycles. The molecule has 0 spiro atoms. The van der Waals surface area contributed by atoms with Gasteiger partial charge in [0.25, 0.3) is 5.24 Å². The van der Waals surface area contributed by atoms with Crippen molar-refractivity contribution in [2.45, 2.75) is 6.18 Å². The fraction of sp³-hybridized carbons (Fsp3) is 0.222. The number of methoxy groups -OCH3 is 1. The third-order valence-electron chi connectivity index (χ3n) is 1.79. The zero-order chi connectivity index (χ0) is 12.5. The van der Waals surface area contributed by atoms with E-state index in [9.17, 15) is 18.0 Å². The number of benzene rings is 1. The lowest BCUT2D eigenvalue weighted by molar-refractivity contribution is -0.137. The summed E-state index contributed by atoms with van der Waals surface area (Å²) in [6, 6.07) is 1.86. The molecule has 0 radical (unpaired) electrons. The molecule has 0 amide bonds. The van der Waals surface area contributed by atoms with Gasteiger partial charge in [0.15, 0.2) is 0 Å². The summed E-state index contributed by atoms with van der Waals surface area (Å²) < 4.78 is 42.4. The van der Waals surface area contributed by atoms with Gasteiger partial charge in [-0.25, -0.2) is 0 Å². The van der Waals surface area contributed by atoms with Gasteiger partial charge >= 0.3 is 6.18 Å². The highest BCUT2D eigenvalue weighted by Gasteiger charge is 2.38. The van der Waals surface area contributed by atoms with Crippen molar-refractivity contribution < 1.29 is 22.7 Å². The van der Waals surface area contributed by atoms with Crippen molar-refractivity contribution in [3.8, 4) is 5.75 Å². The fourth-order valence-electron chi connectivity index (χ4n) is 1.14. The molecule has 0 saturated heterocycles. The second-order valence-electron chi connectivity index (χ2n) is 2.80. The van der Waals surface area contributed by atoms with Crippen LogP contribution in [-0.4, -0.2) is 12.4 Å². The first-order valence-corrected chi connectivity index (χ1v) is 4.67. The Bertz CT molecular complexity index is 429. The van der Waals surface area contributed by atoms with Crippen LogP contribution < -0.4 is 4.74 Å². The lowest BCUT2D eigenvalue weighted by atomic mass is 10.1. The Labute approximate surface area is 98.9 Å². The molecule has 0 bridgehead atoms. The molecule has 0 atom stereocenters. The molecular formula is C9H5Cl2F3O2. The van der Waals surface area contributed by atoms with Crippen LogP contribution >= 0.6 is 23.2 Å². The average molecular weight is 273 g/mol. The fourth-order valence-corrected chi connectivity index (χ4v) is 1.61. The van der Waals surface area contributed by atoms with Crippen LogP contribution in [0.5, 0.6) is 5.75 Å². The summed E-state index contributed by atoms with van der Waals surface area (Å²) in [5.41, 5.74) is -1.98. The van der Waals surface area contributed by atoms with E-state index in [1.165, 1.54) is 7.11 Å². The van der Waals surface area contributed by atoms with Crippen LogP contribution in [0.3, 0.4) is 0 Å². The maximum atomic E-state index is 12.6. The van der Waals surface area contributed by atoms with E-state index in [0.29, 0.717) is 0 Å². The second kappa shape index (κ2) is 4.51. The second-order valence-corrected chi connectivity index (χ2v) is 3.55. The summed E-state index contributed by atoms with van der Waals surface area (Å²) in [6.45, 7) is 0. The summed E-state index contributed by atoms with van der Waals surface area (Å²) >= 11 is 10.5. The molecule has 88 valence electrons. The van der Waals surface area contributed by atoms with Gasteiger partial charge in [-0.1, -0.05) is 11.6 Å². The molecule has 7 heteroatoms. The first kappa shape index (κ1) is 13.1. The average Bonchev–Trinajstić information content (AvgIpc) is 2.14. The molecule has 16 heavy (non-hydrogen) atoms. The Morgan fingerprint density at radius 2 is 1.94 bits per heavy atom. The molecule has 0 fully saturated rings. The lowest BCUT2D eigenvalue weighted by Gasteiger charge is -2.13. The van der Waals surface area contributed by atoms with Gasteiger partial charge < -0.3 is 4.74 Å². The van der Waals surface area contributed by atoms with Crippen LogP contribution in [0, 0.1) is 0 Å². The van der Waals surface area contributed by atoms with Crippen LogP contribution in [0.4, 0.5) is 13.2 Å². The first-order chi connectivity index (χ1) is 7.27. The third-order valence-corrected chi connectivity index (χ3v) is 2.30. The number of hydrogen-bond donors (Lipinski definition) is 0. The smallest absolute Gasteiger partial charge is 0.418 e. The zero-order valence-corrected chi connectivity index (χ0v) is 9.37. The molecule has 2 nitrogen and oxygen atoms in total. The van der Waals surface area contributed by atoms with Gasteiger partial charge in [-0.05, 0) is 23.7 Å². The minimum atomic E-state index is -4.75. The minimum Gasteiger partial charge on any atom is -0.497 e. The Morgan fingerprint density at radius 3 is 2.31 bits per heavy atom. The van der Waals surface area contributed by atoms with E-state index in [1.54, 1.807) is 0 Å². The van der Waals surface area contributed by atoms with Crippen LogP contribution in [0.15, 0.2) is 12.1 Å². The molecule has 0 unspecified atom stereocenters. The SMILES string of the molecule is COc1cc(Cl)c(C(F)(F)F)c(C(=O)Cl)c1. The van der Waals surface area contributed by atoms with E-state index in [-0.39, 0.29) is 5.75 Å². The monoisotopic (exact) mass is 272 g/mol. The van der Waals surface area contributed by atoms with E-state index < -0.39 is 27.6 Å². The normalized spacial score (nSPS) is 11.4. The molecule has 1 aromatic rings. The van der Waals surface area contributed by atoms with Gasteiger partial charge in [0, 0.05) is 0 Å². The van der Waals surface area contributed by atoms with Gasteiger partial charge in [0.1, 0.15) is 5.75 Å². The standard InChI is InChI=1S/C9H5Cl2F3O2/c1-16-4-2-5(8(11)15)7(6(10)3-4)9(12,13)14/h2-3H,1H3. The van der Waals surface area contributed by atoms with Crippen molar-refractivity contribution in [2.24, 2.45) is 0 Å². The highest BCUT2D eigenvalue weighted by atomic mass is 35.5. The Hall–Kier alpha value is -0.940. The Balaban J connectivity index is 3.53. The molecule has 0 aliphatic carbocycles. The van der Waals surface area contributed by atoms with Crippen LogP contribution in [0.25, 0.3) is 0 Å². The topological polar surface area (TPSA) is 26.3 Å². The number of rotatable bonds is 2. The van der Waals surface area contributed by atoms with Gasteiger partial charge in [0.05, 0.1) is 23.3 Å². The van der Waals surface area contributed by atoms with E-state index in [2.05, 4.69) is 0 Å². The van der Waals surface area contributed by atoms with E-state index >= 15 is 0 Å². The maximum Gasteiger partial charge on any atom is 0.418 e. The molecule has 0 aromatic heterocycles. The summed E-state index contributed by atoms with van der Waals surface area (Å²) in [6.07, 6.45) is -4.75. The highest BCUT2D eigenvalue weighted by Crippen LogP contribution is 2.39. The summed E-state index contributed by atoms with van der Waals surface area (Å²) in [7, 11) is 1.24. The zero-order valence-electron chi connectivity index (χ0n) is 7.86. The quantitative estimate of drug-likeness (QED) is 0.767. The molecule has 1 aromatic carbocycles. The number of carbonyl (C=O) groups is 1. The van der Waals surface area contributed by atoms with Crippen molar-refractivity contribution in [1.82, 2.24) is 0 Å². The first-order valence-electron chi connectivity index (χ1n) is 3.92. The molecule has 0 N–H and O–H groups in total. The lowest BCUT2D eigenvalue weighted by Crippen LogP contribution is -2.12. The van der Waals surface area contributed by atoms with Crippen LogP contribution in [0.1, 0.15) is 15.9 Å². The van der Waals surface area contributed by atoms with Crippen LogP contribution in [-0.2, 0) is 6.18 Å². The maximum absolute atomic E-state index is 12.6.